The summed E-state index contributed by atoms with van der Waals surface area (Å²) < 4.78 is 7.34. The number of hydrogen-bond acceptors (Lipinski definition) is 3. The standard InChI is InChI=1S/C20H26GeN2O/c1-13(2)10-15-11-19(22-12-17(15)21(4,5)6)16-8-7-9-18-20(16)24-14(3)23-18/h7-9,11-13H,10H2,1-6H3. The van der Waals surface area contributed by atoms with Crippen molar-refractivity contribution in [3.05, 3.63) is 41.9 Å². The predicted molar refractivity (Wildman–Crippen MR) is 103 cm³/mol. The minimum absolute atomic E-state index is 0.632. The van der Waals surface area contributed by atoms with E-state index in [2.05, 4.69) is 54.4 Å². The first-order chi connectivity index (χ1) is 11.3. The Labute approximate surface area is 146 Å². The van der Waals surface area contributed by atoms with Gasteiger partial charge in [0.25, 0.3) is 0 Å². The molecule has 126 valence electrons. The summed E-state index contributed by atoms with van der Waals surface area (Å²) in [7, 11) is 0. The van der Waals surface area contributed by atoms with Crippen LogP contribution in [0.3, 0.4) is 0 Å². The third kappa shape index (κ3) is 3.41. The molecule has 0 amide bonds. The number of hydrogen-bond donors (Lipinski definition) is 0. The molecule has 0 N–H and O–H groups in total. The maximum absolute atomic E-state index is 5.83. The average Bonchev–Trinajstić information content (AvgIpc) is 2.85. The van der Waals surface area contributed by atoms with Crippen molar-refractivity contribution in [3.63, 3.8) is 0 Å². The third-order valence-corrected chi connectivity index (χ3v) is 8.56. The first kappa shape index (κ1) is 17.2. The molecule has 0 aliphatic carbocycles. The van der Waals surface area contributed by atoms with E-state index in [0.29, 0.717) is 11.8 Å². The molecule has 3 aromatic rings. The van der Waals surface area contributed by atoms with Crippen LogP contribution in [0.15, 0.2) is 34.9 Å². The molecule has 4 heteroatoms. The zero-order valence-corrected chi connectivity index (χ0v) is 17.6. The molecule has 1 aromatic carbocycles. The van der Waals surface area contributed by atoms with Crippen LogP contribution in [0, 0.1) is 12.8 Å². The maximum atomic E-state index is 5.83. The Morgan fingerprint density at radius 3 is 2.58 bits per heavy atom. The van der Waals surface area contributed by atoms with E-state index in [4.69, 9.17) is 9.40 Å². The number of aromatic nitrogens is 2. The Morgan fingerprint density at radius 2 is 1.92 bits per heavy atom. The molecule has 2 aromatic heterocycles. The minimum atomic E-state index is -1.94. The van der Waals surface area contributed by atoms with Crippen LogP contribution < -0.4 is 4.40 Å². The topological polar surface area (TPSA) is 38.9 Å². The fourth-order valence-corrected chi connectivity index (χ4v) is 6.53. The Morgan fingerprint density at radius 1 is 1.17 bits per heavy atom. The number of rotatable bonds is 4. The van der Waals surface area contributed by atoms with E-state index < -0.39 is 13.3 Å². The number of nitrogens with zero attached hydrogens (tertiary/aromatic N) is 2. The average molecular weight is 383 g/mol. The van der Waals surface area contributed by atoms with E-state index in [-0.39, 0.29) is 0 Å². The summed E-state index contributed by atoms with van der Waals surface area (Å²) in [5.41, 5.74) is 5.21. The predicted octanol–water partition coefficient (Wildman–Crippen LogP) is 4.94. The SMILES string of the molecule is Cc1nc2cccc(-c3cc(CC(C)C)[c]([Ge]([CH3])([CH3])[CH3])cn3)c2o1. The normalized spacial score (nSPS) is 12.3. The Hall–Kier alpha value is -1.62. The molecule has 3 rings (SSSR count). The molecule has 0 aliphatic heterocycles. The van der Waals surface area contributed by atoms with Gasteiger partial charge in [0.05, 0.1) is 0 Å². The molecule has 24 heavy (non-hydrogen) atoms. The van der Waals surface area contributed by atoms with Crippen LogP contribution in [0.1, 0.15) is 25.3 Å². The summed E-state index contributed by atoms with van der Waals surface area (Å²) in [5.74, 6) is 8.62. The van der Waals surface area contributed by atoms with Gasteiger partial charge in [0.15, 0.2) is 0 Å². The number of fused-ring (bicyclic) bond motifs is 1. The fraction of sp³-hybridized carbons (Fsp3) is 0.400. The number of aryl methyl sites for hydroxylation is 1. The molecule has 3 nitrogen and oxygen atoms in total. The van der Waals surface area contributed by atoms with E-state index in [1.54, 1.807) is 0 Å². The Kier molecular flexibility index (Phi) is 4.56. The van der Waals surface area contributed by atoms with Crippen LogP contribution in [0.5, 0.6) is 0 Å². The van der Waals surface area contributed by atoms with Crippen molar-refractivity contribution in [2.45, 2.75) is 44.5 Å². The molecule has 0 fully saturated rings. The molecular weight excluding hydrogens is 357 g/mol. The summed E-state index contributed by atoms with van der Waals surface area (Å²) in [5, 5.41) is 0. The van der Waals surface area contributed by atoms with Crippen molar-refractivity contribution in [1.29, 1.82) is 0 Å². The van der Waals surface area contributed by atoms with Crippen LogP contribution in [0.25, 0.3) is 22.4 Å². The molecule has 0 aliphatic rings. The molecule has 2 heterocycles. The van der Waals surface area contributed by atoms with E-state index in [9.17, 15) is 0 Å². The zero-order valence-electron chi connectivity index (χ0n) is 15.5. The summed E-state index contributed by atoms with van der Waals surface area (Å²) >= 11 is -1.94. The zero-order chi connectivity index (χ0) is 17.5. The molecular formula is C20H26GeN2O. The molecule has 0 radical (unpaired) electrons. The molecule has 0 unspecified atom stereocenters. The second-order valence-electron chi connectivity index (χ2n) is 7.96. The quantitative estimate of drug-likeness (QED) is 0.599. The summed E-state index contributed by atoms with van der Waals surface area (Å²) in [6, 6.07) is 8.37. The second-order valence-corrected chi connectivity index (χ2v) is 18.5. The van der Waals surface area contributed by atoms with Gasteiger partial charge in [-0.15, -0.1) is 0 Å². The number of oxazole rings is 1. The van der Waals surface area contributed by atoms with Crippen molar-refractivity contribution < 1.29 is 4.42 Å². The third-order valence-electron chi connectivity index (χ3n) is 4.22. The number of pyridine rings is 1. The summed E-state index contributed by atoms with van der Waals surface area (Å²) in [6.07, 6.45) is 3.22. The van der Waals surface area contributed by atoms with Crippen molar-refractivity contribution in [2.24, 2.45) is 5.92 Å². The van der Waals surface area contributed by atoms with Gasteiger partial charge in [-0.05, 0) is 0 Å². The van der Waals surface area contributed by atoms with Gasteiger partial charge in [0, 0.05) is 0 Å². The molecule has 0 bridgehead atoms. The molecule has 0 spiro atoms. The molecule has 0 saturated heterocycles. The fourth-order valence-electron chi connectivity index (χ4n) is 3.19. The number of para-hydroxylation sites is 1. The van der Waals surface area contributed by atoms with Gasteiger partial charge < -0.3 is 0 Å². The summed E-state index contributed by atoms with van der Waals surface area (Å²) in [4.78, 5) is 9.24. The first-order valence-electron chi connectivity index (χ1n) is 8.61. The monoisotopic (exact) mass is 384 g/mol. The van der Waals surface area contributed by atoms with Crippen LogP contribution >= 0.6 is 0 Å². The van der Waals surface area contributed by atoms with Gasteiger partial charge in [-0.2, -0.15) is 0 Å². The van der Waals surface area contributed by atoms with E-state index >= 15 is 0 Å². The van der Waals surface area contributed by atoms with E-state index in [0.717, 1.165) is 28.8 Å². The molecule has 0 saturated carbocycles. The van der Waals surface area contributed by atoms with Crippen molar-refractivity contribution >= 4 is 28.8 Å². The van der Waals surface area contributed by atoms with Gasteiger partial charge in [0.1, 0.15) is 0 Å². The first-order valence-corrected chi connectivity index (χ1v) is 16.0. The summed E-state index contributed by atoms with van der Waals surface area (Å²) in [6.45, 7) is 6.44. The Balaban J connectivity index is 2.17. The van der Waals surface area contributed by atoms with Crippen LogP contribution in [-0.2, 0) is 6.42 Å². The van der Waals surface area contributed by atoms with Crippen LogP contribution in [0.2, 0.25) is 17.3 Å². The van der Waals surface area contributed by atoms with Gasteiger partial charge in [-0.3, -0.25) is 0 Å². The van der Waals surface area contributed by atoms with Gasteiger partial charge in [-0.1, -0.05) is 0 Å². The van der Waals surface area contributed by atoms with Gasteiger partial charge in [-0.25, -0.2) is 0 Å². The van der Waals surface area contributed by atoms with Crippen molar-refractivity contribution in [1.82, 2.24) is 9.97 Å². The van der Waals surface area contributed by atoms with Gasteiger partial charge >= 0.3 is 147 Å². The number of benzene rings is 1. The van der Waals surface area contributed by atoms with E-state index in [1.165, 1.54) is 9.96 Å². The van der Waals surface area contributed by atoms with Crippen molar-refractivity contribution in [3.8, 4) is 11.3 Å². The van der Waals surface area contributed by atoms with Crippen LogP contribution in [-0.4, -0.2) is 23.2 Å². The second kappa shape index (κ2) is 6.36. The van der Waals surface area contributed by atoms with Gasteiger partial charge in [0.2, 0.25) is 0 Å². The molecule has 0 atom stereocenters. The Bertz CT molecular complexity index is 875. The van der Waals surface area contributed by atoms with Crippen molar-refractivity contribution in [2.75, 3.05) is 0 Å². The van der Waals surface area contributed by atoms with E-state index in [1.807, 2.05) is 19.1 Å². The van der Waals surface area contributed by atoms with Crippen LogP contribution in [0.4, 0.5) is 0 Å².